The molecule has 182 valence electrons. The maximum atomic E-state index is 12.9. The van der Waals surface area contributed by atoms with E-state index in [1.54, 1.807) is 25.4 Å². The Labute approximate surface area is 203 Å². The lowest BCUT2D eigenvalue weighted by Gasteiger charge is -2.29. The Balaban J connectivity index is 1.30. The maximum Gasteiger partial charge on any atom is 0.277 e. The highest BCUT2D eigenvalue weighted by atomic mass is 16.5. The third-order valence-electron chi connectivity index (χ3n) is 5.94. The van der Waals surface area contributed by atoms with Gasteiger partial charge in [0.1, 0.15) is 11.7 Å². The van der Waals surface area contributed by atoms with Crippen molar-refractivity contribution in [1.29, 1.82) is 0 Å². The largest absolute Gasteiger partial charge is 0.361 e. The van der Waals surface area contributed by atoms with Crippen molar-refractivity contribution in [3.63, 3.8) is 0 Å². The number of pyridine rings is 1. The first-order valence-electron chi connectivity index (χ1n) is 11.1. The van der Waals surface area contributed by atoms with Gasteiger partial charge in [-0.3, -0.25) is 34.2 Å². The molecule has 1 aromatic carbocycles. The highest BCUT2D eigenvalue weighted by Gasteiger charge is 2.43. The number of amides is 4. The van der Waals surface area contributed by atoms with Gasteiger partial charge in [0.2, 0.25) is 29.1 Å². The van der Waals surface area contributed by atoms with Gasteiger partial charge in [-0.1, -0.05) is 23.4 Å². The number of likely N-dealkylation sites (N-methyl/N-ethyl adjacent to an activating group) is 1. The molecule has 1 unspecified atom stereocenters. The average molecular weight is 488 g/mol. The molecule has 3 aromatic rings. The van der Waals surface area contributed by atoms with Crippen LogP contribution in [0.5, 0.6) is 0 Å². The van der Waals surface area contributed by atoms with E-state index in [1.165, 1.54) is 11.0 Å². The number of carbonyl (C=O) groups excluding carboxylic acids is 4. The summed E-state index contributed by atoms with van der Waals surface area (Å²) < 4.78 is 5.35. The van der Waals surface area contributed by atoms with E-state index in [0.29, 0.717) is 11.4 Å². The SMILES string of the molecule is CN(Cc1nc(-c2cccc(-c3cc[nH]c(=O)c3)c2)no1)C1=CC(=O)N(C2CCC(=O)NC2=O)C1=O. The Bertz CT molecular complexity index is 1490. The van der Waals surface area contributed by atoms with Crippen molar-refractivity contribution in [2.75, 3.05) is 7.05 Å². The summed E-state index contributed by atoms with van der Waals surface area (Å²) in [5.74, 6) is -1.85. The monoisotopic (exact) mass is 488 g/mol. The molecule has 4 heterocycles. The van der Waals surface area contributed by atoms with Crippen molar-refractivity contribution in [3.05, 3.63) is 70.6 Å². The molecule has 0 saturated carbocycles. The fourth-order valence-corrected chi connectivity index (χ4v) is 4.16. The molecule has 0 spiro atoms. The number of imide groups is 2. The zero-order valence-electron chi connectivity index (χ0n) is 19.1. The minimum Gasteiger partial charge on any atom is -0.361 e. The third kappa shape index (κ3) is 4.31. The molecule has 0 aliphatic carbocycles. The van der Waals surface area contributed by atoms with Crippen LogP contribution in [-0.2, 0) is 25.7 Å². The highest BCUT2D eigenvalue weighted by Crippen LogP contribution is 2.26. The quantitative estimate of drug-likeness (QED) is 0.473. The molecular weight excluding hydrogens is 468 g/mol. The Morgan fingerprint density at radius 2 is 1.86 bits per heavy atom. The molecule has 1 atom stereocenters. The van der Waals surface area contributed by atoms with Gasteiger partial charge in [0.15, 0.2) is 0 Å². The van der Waals surface area contributed by atoms with E-state index in [0.717, 1.165) is 22.1 Å². The van der Waals surface area contributed by atoms with Gasteiger partial charge in [-0.2, -0.15) is 4.98 Å². The first-order valence-corrected chi connectivity index (χ1v) is 11.1. The molecule has 2 aliphatic rings. The molecule has 12 heteroatoms. The predicted molar refractivity (Wildman–Crippen MR) is 123 cm³/mol. The highest BCUT2D eigenvalue weighted by molar-refractivity contribution is 6.18. The molecule has 12 nitrogen and oxygen atoms in total. The second-order valence-corrected chi connectivity index (χ2v) is 8.40. The summed E-state index contributed by atoms with van der Waals surface area (Å²) in [6.07, 6.45) is 2.84. The van der Waals surface area contributed by atoms with Crippen LogP contribution in [0.3, 0.4) is 0 Å². The van der Waals surface area contributed by atoms with Crippen molar-refractivity contribution in [1.82, 2.24) is 30.2 Å². The van der Waals surface area contributed by atoms with Gasteiger partial charge in [-0.15, -0.1) is 0 Å². The number of nitrogens with one attached hydrogen (secondary N) is 2. The van der Waals surface area contributed by atoms with Crippen LogP contribution in [-0.4, -0.2) is 61.6 Å². The van der Waals surface area contributed by atoms with Gasteiger partial charge >= 0.3 is 0 Å². The lowest BCUT2D eigenvalue weighted by atomic mass is 10.0. The summed E-state index contributed by atoms with van der Waals surface area (Å²) in [4.78, 5) is 69.9. The van der Waals surface area contributed by atoms with Crippen LogP contribution in [0.2, 0.25) is 0 Å². The number of H-pyrrole nitrogens is 1. The van der Waals surface area contributed by atoms with E-state index in [-0.39, 0.29) is 36.5 Å². The molecule has 2 aromatic heterocycles. The Morgan fingerprint density at radius 1 is 1.08 bits per heavy atom. The number of hydrogen-bond donors (Lipinski definition) is 2. The van der Waals surface area contributed by atoms with Crippen LogP contribution in [0.25, 0.3) is 22.5 Å². The lowest BCUT2D eigenvalue weighted by Crippen LogP contribution is -2.54. The van der Waals surface area contributed by atoms with E-state index in [2.05, 4.69) is 20.4 Å². The number of carbonyl (C=O) groups is 4. The van der Waals surface area contributed by atoms with E-state index in [9.17, 15) is 24.0 Å². The summed E-state index contributed by atoms with van der Waals surface area (Å²) in [6.45, 7) is 0.0365. The van der Waals surface area contributed by atoms with Gasteiger partial charge in [0, 0.05) is 37.4 Å². The fraction of sp³-hybridized carbons (Fsp3) is 0.208. The Kier molecular flexibility index (Phi) is 5.76. The average Bonchev–Trinajstić information content (AvgIpc) is 3.43. The van der Waals surface area contributed by atoms with Crippen LogP contribution in [0, 0.1) is 0 Å². The van der Waals surface area contributed by atoms with Crippen molar-refractivity contribution < 1.29 is 23.7 Å². The molecule has 5 rings (SSSR count). The molecule has 0 bridgehead atoms. The number of benzene rings is 1. The summed E-state index contributed by atoms with van der Waals surface area (Å²) in [6, 6.07) is 9.53. The molecular formula is C24H20N6O6. The van der Waals surface area contributed by atoms with E-state index < -0.39 is 29.7 Å². The van der Waals surface area contributed by atoms with E-state index in [4.69, 9.17) is 4.52 Å². The van der Waals surface area contributed by atoms with Crippen LogP contribution in [0.4, 0.5) is 0 Å². The third-order valence-corrected chi connectivity index (χ3v) is 5.94. The van der Waals surface area contributed by atoms with Gasteiger partial charge in [-0.05, 0) is 29.7 Å². The van der Waals surface area contributed by atoms with Gasteiger partial charge < -0.3 is 14.4 Å². The van der Waals surface area contributed by atoms with Crippen molar-refractivity contribution in [2.24, 2.45) is 0 Å². The number of piperidine rings is 1. The summed E-state index contributed by atoms with van der Waals surface area (Å²) in [7, 11) is 1.59. The number of aromatic amines is 1. The summed E-state index contributed by atoms with van der Waals surface area (Å²) in [5.41, 5.74) is 2.06. The molecule has 2 N–H and O–H groups in total. The fourth-order valence-electron chi connectivity index (χ4n) is 4.16. The van der Waals surface area contributed by atoms with Gasteiger partial charge in [0.25, 0.3) is 11.8 Å². The smallest absolute Gasteiger partial charge is 0.277 e. The molecule has 1 fully saturated rings. The normalized spacial score (nSPS) is 17.9. The second kappa shape index (κ2) is 9.06. The lowest BCUT2D eigenvalue weighted by molar-refractivity contribution is -0.150. The molecule has 1 saturated heterocycles. The van der Waals surface area contributed by atoms with Crippen molar-refractivity contribution in [2.45, 2.75) is 25.4 Å². The first kappa shape index (κ1) is 22.9. The zero-order chi connectivity index (χ0) is 25.4. The Hall–Kier alpha value is -4.87. The zero-order valence-corrected chi connectivity index (χ0v) is 19.1. The van der Waals surface area contributed by atoms with Crippen LogP contribution in [0.1, 0.15) is 18.7 Å². The number of rotatable bonds is 6. The molecule has 0 radical (unpaired) electrons. The Morgan fingerprint density at radius 3 is 2.64 bits per heavy atom. The van der Waals surface area contributed by atoms with Crippen LogP contribution >= 0.6 is 0 Å². The number of aromatic nitrogens is 3. The van der Waals surface area contributed by atoms with Crippen molar-refractivity contribution >= 4 is 23.6 Å². The molecule has 2 aliphatic heterocycles. The minimum absolute atomic E-state index is 0.0365. The number of hydrogen-bond acceptors (Lipinski definition) is 9. The van der Waals surface area contributed by atoms with Crippen molar-refractivity contribution in [3.8, 4) is 22.5 Å². The topological polar surface area (TPSA) is 159 Å². The summed E-state index contributed by atoms with van der Waals surface area (Å²) >= 11 is 0. The minimum atomic E-state index is -1.03. The summed E-state index contributed by atoms with van der Waals surface area (Å²) in [5, 5.41) is 6.17. The standard InChI is InChI=1S/C24H20N6O6/c1-29(17-11-21(33)30(24(17)35)16-5-6-18(31)26-23(16)34)12-20-27-22(28-36-20)15-4-2-3-13(9-15)14-7-8-25-19(32)10-14/h2-4,7-11,16H,5-6,12H2,1H3,(H,25,32)(H,26,31,34). The van der Waals surface area contributed by atoms with Gasteiger partial charge in [0.05, 0.1) is 6.54 Å². The number of nitrogens with zero attached hydrogens (tertiary/aromatic N) is 4. The van der Waals surface area contributed by atoms with Crippen LogP contribution in [0.15, 0.2) is 63.7 Å². The van der Waals surface area contributed by atoms with E-state index in [1.807, 2.05) is 18.2 Å². The van der Waals surface area contributed by atoms with Crippen LogP contribution < -0.4 is 10.9 Å². The first-order chi connectivity index (χ1) is 17.3. The van der Waals surface area contributed by atoms with Gasteiger partial charge in [-0.25, -0.2) is 0 Å². The van der Waals surface area contributed by atoms with E-state index >= 15 is 0 Å². The second-order valence-electron chi connectivity index (χ2n) is 8.40. The predicted octanol–water partition coefficient (Wildman–Crippen LogP) is 0.582. The molecule has 36 heavy (non-hydrogen) atoms. The maximum absolute atomic E-state index is 12.9. The molecule has 4 amide bonds.